The predicted octanol–water partition coefficient (Wildman–Crippen LogP) is -0.730. The second kappa shape index (κ2) is 6.93. The van der Waals surface area contributed by atoms with E-state index in [1.165, 1.54) is 19.3 Å². The first-order valence-corrected chi connectivity index (χ1v) is 3.62. The Morgan fingerprint density at radius 2 is 1.80 bits per heavy atom. The maximum Gasteiger partial charge on any atom is 2.00 e. The van der Waals surface area contributed by atoms with E-state index in [1.54, 1.807) is 0 Å². The minimum Gasteiger partial charge on any atom is -1.00 e. The van der Waals surface area contributed by atoms with E-state index < -0.39 is 0 Å². The first-order valence-electron chi connectivity index (χ1n) is 3.62. The van der Waals surface area contributed by atoms with Crippen LogP contribution < -0.4 is 17.0 Å². The van der Waals surface area contributed by atoms with Gasteiger partial charge in [-0.05, 0) is 5.92 Å². The molecule has 0 radical (unpaired) electrons. The van der Waals surface area contributed by atoms with E-state index in [2.05, 4.69) is 20.3 Å². The van der Waals surface area contributed by atoms with Crippen molar-refractivity contribution in [3.8, 4) is 0 Å². The molecule has 2 heteroatoms. The Morgan fingerprint density at radius 1 is 1.20 bits per heavy atom. The summed E-state index contributed by atoms with van der Waals surface area (Å²) in [7, 11) is 0. The summed E-state index contributed by atoms with van der Waals surface area (Å²) in [5, 5.41) is 0. The number of halogens is 1. The summed E-state index contributed by atoms with van der Waals surface area (Å²) in [4.78, 5) is 0. The molecule has 2 atom stereocenters. The van der Waals surface area contributed by atoms with E-state index in [9.17, 15) is 0 Å². The molecule has 0 aromatic rings. The summed E-state index contributed by atoms with van der Waals surface area (Å²) in [5.74, 6) is 1.92. The molecule has 0 aromatic carbocycles. The molecule has 0 N–H and O–H groups in total. The molecule has 2 unspecified atom stereocenters. The summed E-state index contributed by atoms with van der Waals surface area (Å²) in [6, 6.07) is 0. The molecule has 1 rings (SSSR count). The first kappa shape index (κ1) is 13.8. The molecule has 0 bridgehead atoms. The van der Waals surface area contributed by atoms with Gasteiger partial charge in [0, 0.05) is 0 Å². The molecule has 0 aliphatic heterocycles. The van der Waals surface area contributed by atoms with Crippen LogP contribution in [0.4, 0.5) is 0 Å². The third-order valence-electron chi connectivity index (χ3n) is 2.34. The van der Waals surface area contributed by atoms with Crippen LogP contribution in [0.3, 0.4) is 0 Å². The van der Waals surface area contributed by atoms with Gasteiger partial charge in [0.05, 0.1) is 0 Å². The molecule has 1 aliphatic carbocycles. The van der Waals surface area contributed by atoms with Crippen molar-refractivity contribution in [1.82, 2.24) is 0 Å². The van der Waals surface area contributed by atoms with Gasteiger partial charge in [0.25, 0.3) is 0 Å². The van der Waals surface area contributed by atoms with Crippen LogP contribution >= 0.6 is 0 Å². The van der Waals surface area contributed by atoms with E-state index in [4.69, 9.17) is 0 Å². The molecule has 56 valence electrons. The Hall–Kier alpha value is 1.25. The van der Waals surface area contributed by atoms with Crippen molar-refractivity contribution >= 4 is 23.1 Å². The fraction of sp³-hybridized carbons (Fsp3) is 0.875. The van der Waals surface area contributed by atoms with Gasteiger partial charge >= 0.3 is 23.1 Å². The fourth-order valence-electron chi connectivity index (χ4n) is 1.28. The van der Waals surface area contributed by atoms with Crippen molar-refractivity contribution in [2.24, 2.45) is 11.8 Å². The molecule has 1 saturated carbocycles. The zero-order valence-corrected chi connectivity index (χ0v) is 9.94. The second-order valence-electron chi connectivity index (χ2n) is 3.06. The average Bonchev–Trinajstić information content (AvgIpc) is 1.77. The van der Waals surface area contributed by atoms with Gasteiger partial charge in [-0.25, -0.2) is 0 Å². The molecule has 0 spiro atoms. The minimum atomic E-state index is 0. The number of rotatable bonds is 0. The third kappa shape index (κ3) is 4.19. The number of hydrogen-bond donors (Lipinski definition) is 0. The van der Waals surface area contributed by atoms with Crippen LogP contribution in [0.5, 0.6) is 0 Å². The van der Waals surface area contributed by atoms with E-state index in [0.29, 0.717) is 0 Å². The molecule has 1 fully saturated rings. The van der Waals surface area contributed by atoms with Gasteiger partial charge in [-0.1, -0.05) is 26.2 Å². The molecule has 1 aliphatic rings. The maximum absolute atomic E-state index is 2.42. The minimum absolute atomic E-state index is 0. The standard InChI is InChI=1S/C8H15.BrH.Mg/c1-7-5-3-4-6-8(7)2;;/h3,7-8H,4-6H2,1-2H3;1H;/q-1;;+2/p-1. The first-order chi connectivity index (χ1) is 3.80. The van der Waals surface area contributed by atoms with Gasteiger partial charge in [-0.15, -0.1) is 0 Å². The molecular weight excluding hydrogens is 200 g/mol. The SMILES string of the molecule is CC1C[CH-]CCC1C.[Br-].[Mg+2]. The normalized spacial score (nSPS) is 31.8. The van der Waals surface area contributed by atoms with E-state index in [1.807, 2.05) is 0 Å². The summed E-state index contributed by atoms with van der Waals surface area (Å²) in [5.41, 5.74) is 0. The third-order valence-corrected chi connectivity index (χ3v) is 2.34. The van der Waals surface area contributed by atoms with E-state index in [0.717, 1.165) is 11.8 Å². The Bertz CT molecular complexity index is 65.7. The quantitative estimate of drug-likeness (QED) is 0.369. The van der Waals surface area contributed by atoms with Gasteiger partial charge in [-0.2, -0.15) is 12.8 Å². The van der Waals surface area contributed by atoms with Crippen LogP contribution in [0.25, 0.3) is 0 Å². The molecule has 0 saturated heterocycles. The Morgan fingerprint density at radius 3 is 2.10 bits per heavy atom. The summed E-state index contributed by atoms with van der Waals surface area (Å²) in [6.45, 7) is 4.71. The van der Waals surface area contributed by atoms with Crippen LogP contribution in [-0.4, -0.2) is 23.1 Å². The molecule has 10 heavy (non-hydrogen) atoms. The van der Waals surface area contributed by atoms with Crippen LogP contribution in [0.1, 0.15) is 33.1 Å². The average molecular weight is 215 g/mol. The Labute approximate surface area is 91.1 Å². The van der Waals surface area contributed by atoms with Gasteiger partial charge in [0.1, 0.15) is 0 Å². The topological polar surface area (TPSA) is 0 Å². The van der Waals surface area contributed by atoms with E-state index >= 15 is 0 Å². The van der Waals surface area contributed by atoms with Crippen molar-refractivity contribution in [2.75, 3.05) is 0 Å². The summed E-state index contributed by atoms with van der Waals surface area (Å²) >= 11 is 0. The van der Waals surface area contributed by atoms with Crippen LogP contribution in [0, 0.1) is 18.3 Å². The number of hydrogen-bond acceptors (Lipinski definition) is 0. The van der Waals surface area contributed by atoms with Crippen LogP contribution in [0.2, 0.25) is 0 Å². The van der Waals surface area contributed by atoms with Crippen molar-refractivity contribution in [3.05, 3.63) is 6.42 Å². The largest absolute Gasteiger partial charge is 2.00 e. The monoisotopic (exact) mass is 214 g/mol. The van der Waals surface area contributed by atoms with Gasteiger partial charge in [-0.3, -0.25) is 0 Å². The zero-order chi connectivity index (χ0) is 5.98. The molecule has 0 amide bonds. The van der Waals surface area contributed by atoms with Crippen molar-refractivity contribution in [3.63, 3.8) is 0 Å². The predicted molar refractivity (Wildman–Crippen MR) is 42.2 cm³/mol. The maximum atomic E-state index is 2.42. The van der Waals surface area contributed by atoms with Gasteiger partial charge in [0.2, 0.25) is 0 Å². The van der Waals surface area contributed by atoms with E-state index in [-0.39, 0.29) is 40.0 Å². The molecular formula is C8H15BrMg. The van der Waals surface area contributed by atoms with Crippen LogP contribution in [-0.2, 0) is 0 Å². The van der Waals surface area contributed by atoms with Gasteiger partial charge in [0.15, 0.2) is 0 Å². The zero-order valence-electron chi connectivity index (χ0n) is 6.94. The summed E-state index contributed by atoms with van der Waals surface area (Å²) in [6.07, 6.45) is 6.54. The van der Waals surface area contributed by atoms with Crippen molar-refractivity contribution in [1.29, 1.82) is 0 Å². The fourth-order valence-corrected chi connectivity index (χ4v) is 1.28. The van der Waals surface area contributed by atoms with Crippen molar-refractivity contribution < 1.29 is 17.0 Å². The summed E-state index contributed by atoms with van der Waals surface area (Å²) < 4.78 is 0. The smallest absolute Gasteiger partial charge is 1.00 e. The Kier molecular flexibility index (Phi) is 9.57. The second-order valence-corrected chi connectivity index (χ2v) is 3.06. The molecule has 0 heterocycles. The van der Waals surface area contributed by atoms with Crippen LogP contribution in [0.15, 0.2) is 0 Å². The molecule has 0 nitrogen and oxygen atoms in total. The van der Waals surface area contributed by atoms with Crippen molar-refractivity contribution in [2.45, 2.75) is 33.1 Å². The Balaban J connectivity index is 0. The van der Waals surface area contributed by atoms with Gasteiger partial charge < -0.3 is 23.4 Å². The molecule has 0 aromatic heterocycles.